The van der Waals surface area contributed by atoms with Gasteiger partial charge in [-0.25, -0.2) is 0 Å². The normalized spacial score (nSPS) is 19.6. The van der Waals surface area contributed by atoms with Crippen molar-refractivity contribution in [2.75, 3.05) is 39.5 Å². The monoisotopic (exact) mass is 411 g/mol. The summed E-state index contributed by atoms with van der Waals surface area (Å²) in [6.45, 7) is 5.96. The van der Waals surface area contributed by atoms with E-state index in [0.29, 0.717) is 2.12 Å². The maximum absolute atomic E-state index is 5.45. The summed E-state index contributed by atoms with van der Waals surface area (Å²) < 4.78 is 11.0. The highest BCUT2D eigenvalue weighted by atomic mass is 127. The van der Waals surface area contributed by atoms with Crippen LogP contribution in [0.3, 0.4) is 0 Å². The first kappa shape index (κ1) is 12.4. The molecule has 1 aliphatic rings. The van der Waals surface area contributed by atoms with E-state index in [1.165, 1.54) is 0 Å². The molecule has 0 aromatic carbocycles. The zero-order valence-corrected chi connectivity index (χ0v) is 11.9. The van der Waals surface area contributed by atoms with Gasteiger partial charge in [-0.2, -0.15) is 0 Å². The fourth-order valence-corrected chi connectivity index (χ4v) is 1.79. The van der Waals surface area contributed by atoms with Crippen molar-refractivity contribution < 1.29 is 9.47 Å². The Morgan fingerprint density at radius 2 is 2.00 bits per heavy atom. The molecule has 0 radical (unpaired) electrons. The van der Waals surface area contributed by atoms with Gasteiger partial charge in [0.15, 0.2) is 2.12 Å². The molecule has 0 unspecified atom stereocenters. The molecule has 3 nitrogen and oxygen atoms in total. The average Bonchev–Trinajstić information content (AvgIpc) is 2.14. The van der Waals surface area contributed by atoms with Gasteiger partial charge in [0.05, 0.1) is 19.8 Å². The number of rotatable bonds is 5. The second-order valence-corrected chi connectivity index (χ2v) is 7.59. The van der Waals surface area contributed by atoms with Crippen LogP contribution in [0.1, 0.15) is 6.42 Å². The summed E-state index contributed by atoms with van der Waals surface area (Å²) in [5.74, 6) is 0. The van der Waals surface area contributed by atoms with Gasteiger partial charge in [-0.1, -0.05) is 0 Å². The number of morpholine rings is 1. The third kappa shape index (κ3) is 6.43. The predicted octanol–water partition coefficient (Wildman–Crippen LogP) is 1.88. The van der Waals surface area contributed by atoms with Crippen LogP contribution in [-0.2, 0) is 9.47 Å². The first-order valence-corrected chi connectivity index (χ1v) is 6.98. The molecule has 1 saturated heterocycles. The number of ether oxygens (including phenoxy) is 2. The second-order valence-electron chi connectivity index (χ2n) is 2.94. The predicted molar refractivity (Wildman–Crippen MR) is 69.7 cm³/mol. The van der Waals surface area contributed by atoms with Gasteiger partial charge in [-0.05, 0) is 51.6 Å². The lowest BCUT2D eigenvalue weighted by Gasteiger charge is -2.26. The molecule has 5 heteroatoms. The summed E-state index contributed by atoms with van der Waals surface area (Å²) in [5, 5.41) is 0. The fraction of sp³-hybridized carbons (Fsp3) is 1.00. The molecule has 1 rings (SSSR count). The SMILES string of the molecule is IC(I)OCCCN1CCOCC1. The van der Waals surface area contributed by atoms with E-state index in [4.69, 9.17) is 9.47 Å². The molecule has 0 atom stereocenters. The van der Waals surface area contributed by atoms with Crippen LogP contribution in [0.2, 0.25) is 0 Å². The molecular weight excluding hydrogens is 396 g/mol. The first-order chi connectivity index (χ1) is 6.29. The zero-order chi connectivity index (χ0) is 9.52. The Morgan fingerprint density at radius 1 is 1.31 bits per heavy atom. The summed E-state index contributed by atoms with van der Waals surface area (Å²) in [6, 6.07) is 0. The van der Waals surface area contributed by atoms with Gasteiger partial charge >= 0.3 is 0 Å². The Labute approximate surface area is 107 Å². The topological polar surface area (TPSA) is 21.7 Å². The van der Waals surface area contributed by atoms with E-state index in [2.05, 4.69) is 50.1 Å². The van der Waals surface area contributed by atoms with Crippen LogP contribution in [0.15, 0.2) is 0 Å². The molecule has 1 aliphatic heterocycles. The maximum Gasteiger partial charge on any atom is 0.159 e. The Kier molecular flexibility index (Phi) is 7.26. The van der Waals surface area contributed by atoms with Crippen LogP contribution in [0, 0.1) is 0 Å². The van der Waals surface area contributed by atoms with E-state index < -0.39 is 0 Å². The van der Waals surface area contributed by atoms with Gasteiger partial charge in [0.25, 0.3) is 0 Å². The number of hydrogen-bond donors (Lipinski definition) is 0. The Morgan fingerprint density at radius 3 is 2.62 bits per heavy atom. The van der Waals surface area contributed by atoms with Gasteiger partial charge < -0.3 is 9.47 Å². The lowest BCUT2D eigenvalue weighted by Crippen LogP contribution is -2.37. The Hall–Kier alpha value is 1.34. The van der Waals surface area contributed by atoms with E-state index in [9.17, 15) is 0 Å². The van der Waals surface area contributed by atoms with Crippen molar-refractivity contribution in [3.8, 4) is 0 Å². The molecule has 13 heavy (non-hydrogen) atoms. The third-order valence-electron chi connectivity index (χ3n) is 1.97. The Balaban J connectivity index is 1.92. The molecule has 1 heterocycles. The van der Waals surface area contributed by atoms with Crippen molar-refractivity contribution in [1.82, 2.24) is 4.90 Å². The highest BCUT2D eigenvalue weighted by Gasteiger charge is 2.09. The van der Waals surface area contributed by atoms with Gasteiger partial charge in [0.1, 0.15) is 0 Å². The molecule has 0 amide bonds. The molecule has 1 fully saturated rings. The number of nitrogens with zero attached hydrogens (tertiary/aromatic N) is 1. The van der Waals surface area contributed by atoms with Crippen molar-refractivity contribution in [3.63, 3.8) is 0 Å². The molecule has 0 saturated carbocycles. The lowest BCUT2D eigenvalue weighted by molar-refractivity contribution is 0.0336. The molecule has 0 bridgehead atoms. The summed E-state index contributed by atoms with van der Waals surface area (Å²) >= 11 is 4.53. The van der Waals surface area contributed by atoms with Crippen molar-refractivity contribution in [3.05, 3.63) is 0 Å². The standard InChI is InChI=1S/C8H15I2NO2/c9-8(10)13-5-1-2-11-3-6-12-7-4-11/h8H,1-7H2. The molecular formula is C8H15I2NO2. The van der Waals surface area contributed by atoms with E-state index in [0.717, 1.165) is 45.9 Å². The average molecular weight is 411 g/mol. The minimum Gasteiger partial charge on any atom is -0.379 e. The minimum absolute atomic E-state index is 0.305. The highest BCUT2D eigenvalue weighted by Crippen LogP contribution is 2.11. The molecule has 0 N–H and O–H groups in total. The van der Waals surface area contributed by atoms with Gasteiger partial charge in [-0.15, -0.1) is 0 Å². The number of halogens is 2. The van der Waals surface area contributed by atoms with Gasteiger partial charge in [0, 0.05) is 19.6 Å². The van der Waals surface area contributed by atoms with E-state index in [-0.39, 0.29) is 0 Å². The fourth-order valence-electron chi connectivity index (χ4n) is 1.29. The van der Waals surface area contributed by atoms with E-state index >= 15 is 0 Å². The van der Waals surface area contributed by atoms with Crippen LogP contribution in [0.4, 0.5) is 0 Å². The summed E-state index contributed by atoms with van der Waals surface area (Å²) in [6.07, 6.45) is 1.13. The molecule has 0 aliphatic carbocycles. The van der Waals surface area contributed by atoms with Crippen LogP contribution < -0.4 is 0 Å². The maximum atomic E-state index is 5.45. The molecule has 78 valence electrons. The largest absolute Gasteiger partial charge is 0.379 e. The first-order valence-electron chi connectivity index (χ1n) is 4.49. The van der Waals surface area contributed by atoms with E-state index in [1.54, 1.807) is 0 Å². The van der Waals surface area contributed by atoms with Gasteiger partial charge in [-0.3, -0.25) is 4.90 Å². The van der Waals surface area contributed by atoms with Crippen molar-refractivity contribution in [2.24, 2.45) is 0 Å². The Bertz CT molecular complexity index is 129. The van der Waals surface area contributed by atoms with Crippen LogP contribution in [0.5, 0.6) is 0 Å². The third-order valence-corrected chi connectivity index (χ3v) is 2.69. The number of alkyl halides is 2. The second kappa shape index (κ2) is 7.61. The summed E-state index contributed by atoms with van der Waals surface area (Å²) in [7, 11) is 0. The molecule has 0 aromatic heterocycles. The highest BCUT2D eigenvalue weighted by molar-refractivity contribution is 14.2. The lowest BCUT2D eigenvalue weighted by atomic mass is 10.3. The van der Waals surface area contributed by atoms with Crippen LogP contribution >= 0.6 is 45.2 Å². The zero-order valence-electron chi connectivity index (χ0n) is 7.55. The number of hydrogen-bond acceptors (Lipinski definition) is 3. The van der Waals surface area contributed by atoms with E-state index in [1.807, 2.05) is 0 Å². The van der Waals surface area contributed by atoms with Crippen molar-refractivity contribution in [1.29, 1.82) is 0 Å². The van der Waals surface area contributed by atoms with Crippen LogP contribution in [-0.4, -0.2) is 46.5 Å². The van der Waals surface area contributed by atoms with Gasteiger partial charge in [0.2, 0.25) is 0 Å². The smallest absolute Gasteiger partial charge is 0.159 e. The van der Waals surface area contributed by atoms with Crippen LogP contribution in [0.25, 0.3) is 0 Å². The summed E-state index contributed by atoms with van der Waals surface area (Å²) in [5.41, 5.74) is 0. The quantitative estimate of drug-likeness (QED) is 0.392. The molecule has 0 aromatic rings. The molecule has 0 spiro atoms. The van der Waals surface area contributed by atoms with Crippen molar-refractivity contribution in [2.45, 2.75) is 8.54 Å². The minimum atomic E-state index is 0.305. The van der Waals surface area contributed by atoms with Crippen molar-refractivity contribution >= 4 is 45.2 Å². The summed E-state index contributed by atoms with van der Waals surface area (Å²) in [4.78, 5) is 2.43.